The Bertz CT molecular complexity index is 438. The van der Waals surface area contributed by atoms with E-state index in [9.17, 15) is 0 Å². The summed E-state index contributed by atoms with van der Waals surface area (Å²) in [6.45, 7) is 13.7. The highest BCUT2D eigenvalue weighted by molar-refractivity contribution is 5.10. The Morgan fingerprint density at radius 2 is 1.40 bits per heavy atom. The second-order valence-corrected chi connectivity index (χ2v) is 8.67. The van der Waals surface area contributed by atoms with E-state index in [1.807, 2.05) is 0 Å². The zero-order valence-corrected chi connectivity index (χ0v) is 16.4. The highest BCUT2D eigenvalue weighted by atomic mass is 15.4. The van der Waals surface area contributed by atoms with Crippen LogP contribution >= 0.6 is 0 Å². The van der Waals surface area contributed by atoms with Crippen LogP contribution in [-0.2, 0) is 0 Å². The van der Waals surface area contributed by atoms with E-state index in [1.54, 1.807) is 0 Å². The molecule has 2 aliphatic carbocycles. The third-order valence-corrected chi connectivity index (χ3v) is 6.63. The van der Waals surface area contributed by atoms with Crippen LogP contribution in [0.25, 0.3) is 0 Å². The molecule has 142 valence electrons. The normalized spacial score (nSPS) is 24.1. The molecule has 0 bridgehead atoms. The molecule has 3 fully saturated rings. The maximum Gasteiger partial charge on any atom is 0.102 e. The fourth-order valence-corrected chi connectivity index (χ4v) is 4.90. The standard InChI is InChI=1S/C22H39N3/c1-18-14-16-24(17-15-18)20(3)25(22-12-8-5-9-13-22)19(2)23-21-10-6-4-7-11-21/h18,21-23H,2-17H2,1H3. The van der Waals surface area contributed by atoms with Crippen molar-refractivity contribution in [3.63, 3.8) is 0 Å². The topological polar surface area (TPSA) is 18.5 Å². The summed E-state index contributed by atoms with van der Waals surface area (Å²) in [5, 5.41) is 3.79. The van der Waals surface area contributed by atoms with Gasteiger partial charge < -0.3 is 15.1 Å². The summed E-state index contributed by atoms with van der Waals surface area (Å²) in [7, 11) is 0. The highest BCUT2D eigenvalue weighted by Gasteiger charge is 2.29. The molecule has 1 saturated heterocycles. The molecule has 25 heavy (non-hydrogen) atoms. The van der Waals surface area contributed by atoms with Crippen LogP contribution in [0.4, 0.5) is 0 Å². The number of nitrogens with one attached hydrogen (secondary N) is 1. The van der Waals surface area contributed by atoms with Gasteiger partial charge in [-0.2, -0.15) is 0 Å². The summed E-state index contributed by atoms with van der Waals surface area (Å²) >= 11 is 0. The maximum absolute atomic E-state index is 4.54. The van der Waals surface area contributed by atoms with E-state index in [0.29, 0.717) is 12.1 Å². The average Bonchev–Trinajstić information content (AvgIpc) is 2.64. The molecule has 1 aliphatic heterocycles. The zero-order chi connectivity index (χ0) is 17.6. The van der Waals surface area contributed by atoms with Crippen molar-refractivity contribution in [1.82, 2.24) is 15.1 Å². The number of nitrogens with zero attached hydrogens (tertiary/aromatic N) is 2. The van der Waals surface area contributed by atoms with Gasteiger partial charge >= 0.3 is 0 Å². The molecular weight excluding hydrogens is 306 g/mol. The van der Waals surface area contributed by atoms with Crippen molar-refractivity contribution in [2.45, 2.75) is 96.1 Å². The number of hydrogen-bond donors (Lipinski definition) is 1. The molecular formula is C22H39N3. The molecule has 3 rings (SSSR count). The molecule has 3 nitrogen and oxygen atoms in total. The zero-order valence-electron chi connectivity index (χ0n) is 16.4. The van der Waals surface area contributed by atoms with Crippen LogP contribution < -0.4 is 5.32 Å². The molecule has 1 N–H and O–H groups in total. The van der Waals surface area contributed by atoms with Crippen molar-refractivity contribution in [3.05, 3.63) is 24.8 Å². The maximum atomic E-state index is 4.54. The number of likely N-dealkylation sites (tertiary alicyclic amines) is 1. The average molecular weight is 346 g/mol. The summed E-state index contributed by atoms with van der Waals surface area (Å²) in [6, 6.07) is 1.20. The third kappa shape index (κ3) is 4.95. The quantitative estimate of drug-likeness (QED) is 0.712. The molecule has 3 heteroatoms. The van der Waals surface area contributed by atoms with E-state index in [2.05, 4.69) is 35.2 Å². The van der Waals surface area contributed by atoms with Crippen molar-refractivity contribution in [1.29, 1.82) is 0 Å². The fraction of sp³-hybridized carbons (Fsp3) is 0.818. The van der Waals surface area contributed by atoms with Gasteiger partial charge in [0.2, 0.25) is 0 Å². The Morgan fingerprint density at radius 3 is 2.00 bits per heavy atom. The van der Waals surface area contributed by atoms with Gasteiger partial charge in [-0.05, 0) is 44.4 Å². The monoisotopic (exact) mass is 345 g/mol. The van der Waals surface area contributed by atoms with Crippen LogP contribution in [0.15, 0.2) is 24.8 Å². The van der Waals surface area contributed by atoms with Crippen LogP contribution in [0.5, 0.6) is 0 Å². The highest BCUT2D eigenvalue weighted by Crippen LogP contribution is 2.31. The van der Waals surface area contributed by atoms with E-state index in [4.69, 9.17) is 0 Å². The third-order valence-electron chi connectivity index (χ3n) is 6.63. The van der Waals surface area contributed by atoms with Crippen LogP contribution in [-0.4, -0.2) is 35.0 Å². The van der Waals surface area contributed by atoms with E-state index in [-0.39, 0.29) is 0 Å². The number of piperidine rings is 1. The van der Waals surface area contributed by atoms with Crippen LogP contribution in [0.3, 0.4) is 0 Å². The molecule has 0 amide bonds. The molecule has 0 unspecified atom stereocenters. The van der Waals surface area contributed by atoms with Crippen molar-refractivity contribution in [2.24, 2.45) is 5.92 Å². The number of rotatable bonds is 6. The Labute approximate surface area is 155 Å². The molecule has 2 saturated carbocycles. The van der Waals surface area contributed by atoms with Gasteiger partial charge in [0.1, 0.15) is 5.82 Å². The summed E-state index contributed by atoms with van der Waals surface area (Å²) in [4.78, 5) is 5.01. The second-order valence-electron chi connectivity index (χ2n) is 8.67. The van der Waals surface area contributed by atoms with Crippen molar-refractivity contribution >= 4 is 0 Å². The summed E-state index contributed by atoms with van der Waals surface area (Å²) in [5.41, 5.74) is 0. The van der Waals surface area contributed by atoms with E-state index < -0.39 is 0 Å². The Morgan fingerprint density at radius 1 is 0.840 bits per heavy atom. The first-order valence-electron chi connectivity index (χ1n) is 10.8. The number of hydrogen-bond acceptors (Lipinski definition) is 3. The molecule has 0 radical (unpaired) electrons. The van der Waals surface area contributed by atoms with Gasteiger partial charge in [-0.25, -0.2) is 0 Å². The van der Waals surface area contributed by atoms with Gasteiger partial charge in [0.15, 0.2) is 0 Å². The Balaban J connectivity index is 1.67. The van der Waals surface area contributed by atoms with Gasteiger partial charge in [0.25, 0.3) is 0 Å². The van der Waals surface area contributed by atoms with E-state index in [1.165, 1.54) is 82.9 Å². The first kappa shape index (κ1) is 18.7. The van der Waals surface area contributed by atoms with Crippen molar-refractivity contribution in [2.75, 3.05) is 13.1 Å². The molecule has 0 aromatic carbocycles. The minimum atomic E-state index is 0.587. The SMILES string of the molecule is C=C(NC1CCCCC1)N(C(=C)N1CCC(C)CC1)C1CCCCC1. The first-order chi connectivity index (χ1) is 12.1. The molecule has 0 aromatic rings. The second kappa shape index (κ2) is 9.00. The van der Waals surface area contributed by atoms with Gasteiger partial charge in [-0.1, -0.05) is 58.6 Å². The Hall–Kier alpha value is -1.12. The lowest BCUT2D eigenvalue weighted by Gasteiger charge is -2.45. The molecule has 0 aromatic heterocycles. The lowest BCUT2D eigenvalue weighted by atomic mass is 9.93. The van der Waals surface area contributed by atoms with E-state index in [0.717, 1.165) is 24.8 Å². The Kier molecular flexibility index (Phi) is 6.72. The predicted octanol–water partition coefficient (Wildman–Crippen LogP) is 5.22. The fourth-order valence-electron chi connectivity index (χ4n) is 4.90. The summed E-state index contributed by atoms with van der Waals surface area (Å²) < 4.78 is 0. The summed E-state index contributed by atoms with van der Waals surface area (Å²) in [5.74, 6) is 3.17. The van der Waals surface area contributed by atoms with Gasteiger partial charge in [-0.3, -0.25) is 0 Å². The van der Waals surface area contributed by atoms with Crippen LogP contribution in [0.2, 0.25) is 0 Å². The molecule has 0 spiro atoms. The van der Waals surface area contributed by atoms with Crippen LogP contribution in [0.1, 0.15) is 84.0 Å². The van der Waals surface area contributed by atoms with Crippen molar-refractivity contribution in [3.8, 4) is 0 Å². The minimum absolute atomic E-state index is 0.587. The van der Waals surface area contributed by atoms with Gasteiger partial charge in [-0.15, -0.1) is 0 Å². The van der Waals surface area contributed by atoms with Crippen LogP contribution in [0, 0.1) is 5.92 Å². The van der Waals surface area contributed by atoms with Gasteiger partial charge in [0, 0.05) is 25.2 Å². The lowest BCUT2D eigenvalue weighted by molar-refractivity contribution is 0.133. The molecule has 0 atom stereocenters. The molecule has 1 heterocycles. The molecule has 3 aliphatic rings. The van der Waals surface area contributed by atoms with Gasteiger partial charge in [0.05, 0.1) is 5.82 Å². The smallest absolute Gasteiger partial charge is 0.102 e. The predicted molar refractivity (Wildman–Crippen MR) is 107 cm³/mol. The van der Waals surface area contributed by atoms with Crippen molar-refractivity contribution < 1.29 is 0 Å². The lowest BCUT2D eigenvalue weighted by Crippen LogP contribution is -2.48. The largest absolute Gasteiger partial charge is 0.369 e. The minimum Gasteiger partial charge on any atom is -0.369 e. The first-order valence-corrected chi connectivity index (χ1v) is 10.8. The van der Waals surface area contributed by atoms with E-state index >= 15 is 0 Å². The summed E-state index contributed by atoms with van der Waals surface area (Å²) in [6.07, 6.45) is 16.0.